The highest BCUT2D eigenvalue weighted by molar-refractivity contribution is 7.91. The summed E-state index contributed by atoms with van der Waals surface area (Å²) in [7, 11) is -3.06. The van der Waals surface area contributed by atoms with E-state index in [0.29, 0.717) is 6.42 Å². The van der Waals surface area contributed by atoms with E-state index in [2.05, 4.69) is 5.32 Å². The fourth-order valence-electron chi connectivity index (χ4n) is 2.16. The predicted molar refractivity (Wildman–Crippen MR) is 84.4 cm³/mol. The molecule has 114 valence electrons. The second-order valence-electron chi connectivity index (χ2n) is 5.04. The second-order valence-corrected chi connectivity index (χ2v) is 7.26. The Morgan fingerprint density at radius 3 is 2.64 bits per heavy atom. The lowest BCUT2D eigenvalue weighted by Gasteiger charge is -2.09. The number of rotatable bonds is 4. The molecular weight excluding hydrogens is 300 g/mol. The van der Waals surface area contributed by atoms with E-state index in [9.17, 15) is 13.2 Å². The van der Waals surface area contributed by atoms with Gasteiger partial charge in [-0.1, -0.05) is 42.5 Å². The van der Waals surface area contributed by atoms with Crippen LogP contribution in [0.3, 0.4) is 0 Å². The highest BCUT2D eigenvalue weighted by atomic mass is 32.2. The van der Waals surface area contributed by atoms with Gasteiger partial charge in [-0.25, -0.2) is 8.42 Å². The Bertz CT molecular complexity index is 743. The fourth-order valence-corrected chi connectivity index (χ4v) is 3.83. The molecular formula is C16H16N2O3S. The van der Waals surface area contributed by atoms with Gasteiger partial charge in [0.05, 0.1) is 11.5 Å². The topological polar surface area (TPSA) is 87.0 Å². The van der Waals surface area contributed by atoms with Crippen LogP contribution in [0.15, 0.2) is 48.1 Å². The monoisotopic (exact) mass is 316 g/mol. The van der Waals surface area contributed by atoms with Gasteiger partial charge in [0.25, 0.3) is 5.91 Å². The summed E-state index contributed by atoms with van der Waals surface area (Å²) in [6.07, 6.45) is 5.22. The summed E-state index contributed by atoms with van der Waals surface area (Å²) in [5.74, 6) is -0.517. The Labute approximate surface area is 129 Å². The average Bonchev–Trinajstić information content (AvgIpc) is 2.83. The predicted octanol–water partition coefficient (Wildman–Crippen LogP) is 1.45. The number of hydrogen-bond donors (Lipinski definition) is 1. The van der Waals surface area contributed by atoms with Crippen LogP contribution in [0.4, 0.5) is 0 Å². The van der Waals surface area contributed by atoms with Gasteiger partial charge in [-0.15, -0.1) is 0 Å². The number of nitrogens with one attached hydrogen (secondary N) is 1. The Morgan fingerprint density at radius 2 is 2.05 bits per heavy atom. The Balaban J connectivity index is 1.99. The lowest BCUT2D eigenvalue weighted by Crippen LogP contribution is -2.36. The average molecular weight is 316 g/mol. The van der Waals surface area contributed by atoms with Gasteiger partial charge in [-0.05, 0) is 18.1 Å². The minimum absolute atomic E-state index is 0.0449. The molecule has 2 rings (SSSR count). The van der Waals surface area contributed by atoms with E-state index in [4.69, 9.17) is 5.26 Å². The molecule has 6 heteroatoms. The molecule has 1 aliphatic heterocycles. The number of benzene rings is 1. The van der Waals surface area contributed by atoms with Gasteiger partial charge in [0.2, 0.25) is 0 Å². The normalized spacial score (nSPS) is 20.7. The first-order valence-corrected chi connectivity index (χ1v) is 8.67. The standard InChI is InChI=1S/C16H16N2O3S/c17-11-14(8-4-7-13-5-2-1-3-6-13)16(19)18-15-9-10-22(20,21)12-15/h1-8,15H,9-10,12H2,(H,18,19)/b7-4+,14-8+/t15-/m0/s1. The molecule has 1 aliphatic rings. The van der Waals surface area contributed by atoms with Gasteiger partial charge in [0.15, 0.2) is 9.84 Å². The van der Waals surface area contributed by atoms with Crippen LogP contribution in [0.25, 0.3) is 6.08 Å². The van der Waals surface area contributed by atoms with Crippen molar-refractivity contribution in [1.82, 2.24) is 5.32 Å². The maximum atomic E-state index is 12.0. The van der Waals surface area contributed by atoms with Crippen LogP contribution >= 0.6 is 0 Å². The third-order valence-electron chi connectivity index (χ3n) is 3.28. The van der Waals surface area contributed by atoms with Crippen LogP contribution in [0.5, 0.6) is 0 Å². The van der Waals surface area contributed by atoms with E-state index in [1.807, 2.05) is 36.4 Å². The number of nitrogens with zero attached hydrogens (tertiary/aromatic N) is 1. The highest BCUT2D eigenvalue weighted by Gasteiger charge is 2.29. The summed E-state index contributed by atoms with van der Waals surface area (Å²) in [4.78, 5) is 12.0. The summed E-state index contributed by atoms with van der Waals surface area (Å²) in [6.45, 7) is 0. The number of amides is 1. The van der Waals surface area contributed by atoms with Crippen molar-refractivity contribution in [2.75, 3.05) is 11.5 Å². The van der Waals surface area contributed by atoms with Gasteiger partial charge < -0.3 is 5.32 Å². The van der Waals surface area contributed by atoms with Crippen molar-refractivity contribution in [2.45, 2.75) is 12.5 Å². The molecule has 22 heavy (non-hydrogen) atoms. The van der Waals surface area contributed by atoms with Gasteiger partial charge in [-0.2, -0.15) is 5.26 Å². The van der Waals surface area contributed by atoms with Crippen molar-refractivity contribution >= 4 is 21.8 Å². The minimum Gasteiger partial charge on any atom is -0.348 e. The molecule has 1 N–H and O–H groups in total. The molecule has 1 atom stereocenters. The lowest BCUT2D eigenvalue weighted by molar-refractivity contribution is -0.117. The van der Waals surface area contributed by atoms with E-state index < -0.39 is 21.8 Å². The molecule has 1 heterocycles. The van der Waals surface area contributed by atoms with Crippen LogP contribution < -0.4 is 5.32 Å². The molecule has 0 spiro atoms. The van der Waals surface area contributed by atoms with Crippen LogP contribution in [0, 0.1) is 11.3 Å². The Morgan fingerprint density at radius 1 is 1.32 bits per heavy atom. The third-order valence-corrected chi connectivity index (χ3v) is 5.05. The molecule has 0 aliphatic carbocycles. The van der Waals surface area contributed by atoms with E-state index in [1.165, 1.54) is 6.08 Å². The maximum Gasteiger partial charge on any atom is 0.262 e. The second kappa shape index (κ2) is 7.05. The van der Waals surface area contributed by atoms with Gasteiger partial charge in [0, 0.05) is 6.04 Å². The highest BCUT2D eigenvalue weighted by Crippen LogP contribution is 2.12. The SMILES string of the molecule is N#C/C(=C\C=C\c1ccccc1)C(=O)N[C@H]1CCS(=O)(=O)C1. The summed E-state index contributed by atoms with van der Waals surface area (Å²) in [5.41, 5.74) is 0.912. The van der Waals surface area contributed by atoms with Gasteiger partial charge in [-0.3, -0.25) is 4.79 Å². The van der Waals surface area contributed by atoms with Gasteiger partial charge in [0.1, 0.15) is 11.6 Å². The molecule has 1 saturated heterocycles. The summed E-state index contributed by atoms with van der Waals surface area (Å²) >= 11 is 0. The molecule has 0 radical (unpaired) electrons. The maximum absolute atomic E-state index is 12.0. The van der Waals surface area contributed by atoms with Crippen LogP contribution in [0.1, 0.15) is 12.0 Å². The molecule has 0 aromatic heterocycles. The number of carbonyl (C=O) groups is 1. The Kier molecular flexibility index (Phi) is 5.12. The first kappa shape index (κ1) is 16.0. The first-order valence-electron chi connectivity index (χ1n) is 6.85. The van der Waals surface area contributed by atoms with Gasteiger partial charge >= 0.3 is 0 Å². The number of allylic oxidation sites excluding steroid dienone is 2. The van der Waals surface area contributed by atoms with Crippen LogP contribution in [-0.4, -0.2) is 31.9 Å². The summed E-state index contributed by atoms with van der Waals surface area (Å²) in [5, 5.41) is 11.6. The van der Waals surface area contributed by atoms with E-state index >= 15 is 0 Å². The number of carbonyl (C=O) groups excluding carboxylic acids is 1. The van der Waals surface area contributed by atoms with E-state index in [-0.39, 0.29) is 17.1 Å². The summed E-state index contributed by atoms with van der Waals surface area (Å²) in [6, 6.07) is 10.9. The molecule has 1 aromatic rings. The zero-order valence-corrected chi connectivity index (χ0v) is 12.7. The van der Waals surface area contributed by atoms with E-state index in [1.54, 1.807) is 12.2 Å². The largest absolute Gasteiger partial charge is 0.348 e. The molecule has 1 aromatic carbocycles. The summed E-state index contributed by atoms with van der Waals surface area (Å²) < 4.78 is 22.7. The van der Waals surface area contributed by atoms with Crippen molar-refractivity contribution < 1.29 is 13.2 Å². The molecule has 5 nitrogen and oxygen atoms in total. The zero-order chi connectivity index (χ0) is 16.0. The van der Waals surface area contributed by atoms with E-state index in [0.717, 1.165) is 5.56 Å². The smallest absolute Gasteiger partial charge is 0.262 e. The van der Waals surface area contributed by atoms with Crippen LogP contribution in [0.2, 0.25) is 0 Å². The van der Waals surface area contributed by atoms with Crippen molar-refractivity contribution in [2.24, 2.45) is 0 Å². The fraction of sp³-hybridized carbons (Fsp3) is 0.250. The zero-order valence-electron chi connectivity index (χ0n) is 11.9. The first-order chi connectivity index (χ1) is 10.5. The lowest BCUT2D eigenvalue weighted by atomic mass is 10.1. The molecule has 1 fully saturated rings. The number of hydrogen-bond acceptors (Lipinski definition) is 4. The minimum atomic E-state index is -3.06. The number of nitriles is 1. The molecule has 0 saturated carbocycles. The van der Waals surface area contributed by atoms with Crippen molar-refractivity contribution in [1.29, 1.82) is 5.26 Å². The van der Waals surface area contributed by atoms with Crippen molar-refractivity contribution in [3.05, 3.63) is 53.6 Å². The molecule has 0 unspecified atom stereocenters. The Hall–Kier alpha value is -2.39. The number of sulfone groups is 1. The molecule has 1 amide bonds. The van der Waals surface area contributed by atoms with Crippen molar-refractivity contribution in [3.63, 3.8) is 0 Å². The quantitative estimate of drug-likeness (QED) is 0.517. The third kappa shape index (κ3) is 4.57. The molecule has 0 bridgehead atoms. The van der Waals surface area contributed by atoms with Crippen molar-refractivity contribution in [3.8, 4) is 6.07 Å². The van der Waals surface area contributed by atoms with Crippen LogP contribution in [-0.2, 0) is 14.6 Å².